The molecule has 1 heterocycles. The number of rotatable bonds is 6. The first-order chi connectivity index (χ1) is 8.24. The summed E-state index contributed by atoms with van der Waals surface area (Å²) in [5.74, 6) is 0. The molecule has 1 fully saturated rings. The van der Waals surface area contributed by atoms with Gasteiger partial charge in [-0.3, -0.25) is 0 Å². The second-order valence-corrected chi connectivity index (χ2v) is 4.66. The lowest BCUT2D eigenvalue weighted by molar-refractivity contribution is 0.207. The van der Waals surface area contributed by atoms with Gasteiger partial charge in [-0.05, 0) is 38.8 Å². The van der Waals surface area contributed by atoms with E-state index in [-0.39, 0.29) is 6.03 Å². The van der Waals surface area contributed by atoms with E-state index >= 15 is 0 Å². The monoisotopic (exact) mass is 239 g/mol. The summed E-state index contributed by atoms with van der Waals surface area (Å²) in [6.07, 6.45) is 7.89. The van der Waals surface area contributed by atoms with Gasteiger partial charge in [-0.2, -0.15) is 0 Å². The van der Waals surface area contributed by atoms with E-state index in [0.717, 1.165) is 45.6 Å². The molecular weight excluding hydrogens is 214 g/mol. The smallest absolute Gasteiger partial charge is 0.314 e. The Labute approximate surface area is 104 Å². The maximum atomic E-state index is 11.1. The lowest BCUT2D eigenvalue weighted by Gasteiger charge is -2.20. The van der Waals surface area contributed by atoms with Gasteiger partial charge in [0.25, 0.3) is 0 Å². The Balaban J connectivity index is 2.13. The number of hydrogen-bond donors (Lipinski definition) is 1. The first-order valence-electron chi connectivity index (χ1n) is 6.61. The van der Waals surface area contributed by atoms with E-state index in [9.17, 15) is 4.79 Å². The zero-order valence-corrected chi connectivity index (χ0v) is 10.7. The molecule has 1 rings (SSSR count). The predicted octanol–water partition coefficient (Wildman–Crippen LogP) is 1.82. The van der Waals surface area contributed by atoms with Crippen molar-refractivity contribution in [3.63, 3.8) is 0 Å². The standard InChI is InChI=1S/C13H25N3O/c1-2-3-4-5-6-8-15-9-7-10-16(12-11-15)13(14)17/h2H,1,3-12H2,(H2,14,17). The van der Waals surface area contributed by atoms with Gasteiger partial charge in [0.1, 0.15) is 0 Å². The van der Waals surface area contributed by atoms with E-state index in [4.69, 9.17) is 5.73 Å². The van der Waals surface area contributed by atoms with Crippen LogP contribution in [0.5, 0.6) is 0 Å². The molecule has 4 heteroatoms. The number of unbranched alkanes of at least 4 members (excludes halogenated alkanes) is 3. The molecule has 1 aliphatic heterocycles. The highest BCUT2D eigenvalue weighted by Crippen LogP contribution is 2.06. The van der Waals surface area contributed by atoms with Crippen molar-refractivity contribution in [2.45, 2.75) is 32.1 Å². The Hall–Kier alpha value is -1.03. The Kier molecular flexibility index (Phi) is 6.70. The van der Waals surface area contributed by atoms with Crippen molar-refractivity contribution < 1.29 is 4.79 Å². The van der Waals surface area contributed by atoms with Gasteiger partial charge in [0, 0.05) is 19.6 Å². The van der Waals surface area contributed by atoms with Crippen LogP contribution in [-0.2, 0) is 0 Å². The normalized spacial score (nSPS) is 17.8. The molecule has 98 valence electrons. The summed E-state index contributed by atoms with van der Waals surface area (Å²) >= 11 is 0. The number of carbonyl (C=O) groups excluding carboxylic acids is 1. The fourth-order valence-corrected chi connectivity index (χ4v) is 2.22. The SMILES string of the molecule is C=CCCCCCN1CCCN(C(N)=O)CC1. The van der Waals surface area contributed by atoms with E-state index in [1.807, 2.05) is 6.08 Å². The lowest BCUT2D eigenvalue weighted by Crippen LogP contribution is -2.38. The first-order valence-corrected chi connectivity index (χ1v) is 6.61. The highest BCUT2D eigenvalue weighted by Gasteiger charge is 2.16. The Bertz CT molecular complexity index is 243. The minimum atomic E-state index is -0.280. The summed E-state index contributed by atoms with van der Waals surface area (Å²) < 4.78 is 0. The minimum Gasteiger partial charge on any atom is -0.351 e. The molecule has 0 atom stereocenters. The molecule has 4 nitrogen and oxygen atoms in total. The molecule has 0 radical (unpaired) electrons. The summed E-state index contributed by atoms with van der Waals surface area (Å²) in [5.41, 5.74) is 5.30. The number of nitrogens with zero attached hydrogens (tertiary/aromatic N) is 2. The molecule has 17 heavy (non-hydrogen) atoms. The summed E-state index contributed by atoms with van der Waals surface area (Å²) in [6.45, 7) is 8.51. The van der Waals surface area contributed by atoms with E-state index in [0.29, 0.717) is 0 Å². The molecule has 1 aliphatic rings. The second kappa shape index (κ2) is 8.12. The van der Waals surface area contributed by atoms with Gasteiger partial charge in [0.2, 0.25) is 0 Å². The van der Waals surface area contributed by atoms with Gasteiger partial charge in [0.05, 0.1) is 0 Å². The zero-order valence-electron chi connectivity index (χ0n) is 10.7. The fraction of sp³-hybridized carbons (Fsp3) is 0.769. The van der Waals surface area contributed by atoms with Gasteiger partial charge in [-0.25, -0.2) is 4.79 Å². The van der Waals surface area contributed by atoms with Crippen LogP contribution in [0.25, 0.3) is 0 Å². The average Bonchev–Trinajstić information content (AvgIpc) is 2.54. The van der Waals surface area contributed by atoms with E-state index < -0.39 is 0 Å². The van der Waals surface area contributed by atoms with Crippen LogP contribution in [0.15, 0.2) is 12.7 Å². The van der Waals surface area contributed by atoms with Crippen molar-refractivity contribution in [3.05, 3.63) is 12.7 Å². The van der Waals surface area contributed by atoms with Gasteiger partial charge in [-0.15, -0.1) is 6.58 Å². The summed E-state index contributed by atoms with van der Waals surface area (Å²) in [7, 11) is 0. The van der Waals surface area contributed by atoms with E-state index in [2.05, 4.69) is 11.5 Å². The van der Waals surface area contributed by atoms with Crippen molar-refractivity contribution in [1.82, 2.24) is 9.80 Å². The topological polar surface area (TPSA) is 49.6 Å². The van der Waals surface area contributed by atoms with Gasteiger partial charge >= 0.3 is 6.03 Å². The Morgan fingerprint density at radius 3 is 2.71 bits per heavy atom. The highest BCUT2D eigenvalue weighted by atomic mass is 16.2. The van der Waals surface area contributed by atoms with Crippen molar-refractivity contribution in [2.75, 3.05) is 32.7 Å². The van der Waals surface area contributed by atoms with Crippen molar-refractivity contribution in [3.8, 4) is 0 Å². The maximum Gasteiger partial charge on any atom is 0.314 e. The van der Waals surface area contributed by atoms with Crippen LogP contribution >= 0.6 is 0 Å². The molecule has 0 aromatic heterocycles. The van der Waals surface area contributed by atoms with Gasteiger partial charge in [-0.1, -0.05) is 12.5 Å². The minimum absolute atomic E-state index is 0.280. The van der Waals surface area contributed by atoms with Crippen LogP contribution in [0.1, 0.15) is 32.1 Å². The number of primary amides is 1. The Morgan fingerprint density at radius 2 is 2.00 bits per heavy atom. The predicted molar refractivity (Wildman–Crippen MR) is 70.9 cm³/mol. The third-order valence-corrected chi connectivity index (χ3v) is 3.28. The maximum absolute atomic E-state index is 11.1. The number of amides is 2. The summed E-state index contributed by atoms with van der Waals surface area (Å²) in [4.78, 5) is 15.3. The van der Waals surface area contributed by atoms with Crippen molar-refractivity contribution >= 4 is 6.03 Å². The summed E-state index contributed by atoms with van der Waals surface area (Å²) in [6, 6.07) is -0.280. The quantitative estimate of drug-likeness (QED) is 0.568. The van der Waals surface area contributed by atoms with Crippen LogP contribution < -0.4 is 5.73 Å². The largest absolute Gasteiger partial charge is 0.351 e. The number of carbonyl (C=O) groups is 1. The number of allylic oxidation sites excluding steroid dienone is 1. The third kappa shape index (κ3) is 5.73. The molecule has 0 aromatic carbocycles. The van der Waals surface area contributed by atoms with Gasteiger partial charge in [0.15, 0.2) is 0 Å². The molecule has 2 N–H and O–H groups in total. The molecule has 0 bridgehead atoms. The molecule has 0 aliphatic carbocycles. The van der Waals surface area contributed by atoms with Crippen LogP contribution in [-0.4, -0.2) is 48.6 Å². The first kappa shape index (κ1) is 14.0. The lowest BCUT2D eigenvalue weighted by atomic mass is 10.2. The van der Waals surface area contributed by atoms with Crippen LogP contribution in [0.4, 0.5) is 4.79 Å². The molecule has 0 saturated carbocycles. The number of hydrogen-bond acceptors (Lipinski definition) is 2. The third-order valence-electron chi connectivity index (χ3n) is 3.28. The number of urea groups is 1. The molecule has 0 aromatic rings. The van der Waals surface area contributed by atoms with Crippen LogP contribution in [0.3, 0.4) is 0 Å². The van der Waals surface area contributed by atoms with Crippen molar-refractivity contribution in [1.29, 1.82) is 0 Å². The van der Waals surface area contributed by atoms with Crippen LogP contribution in [0.2, 0.25) is 0 Å². The van der Waals surface area contributed by atoms with Crippen molar-refractivity contribution in [2.24, 2.45) is 5.73 Å². The van der Waals surface area contributed by atoms with Crippen LogP contribution in [0, 0.1) is 0 Å². The zero-order chi connectivity index (χ0) is 12.5. The number of nitrogens with two attached hydrogens (primary N) is 1. The Morgan fingerprint density at radius 1 is 1.18 bits per heavy atom. The van der Waals surface area contributed by atoms with E-state index in [1.54, 1.807) is 4.90 Å². The average molecular weight is 239 g/mol. The van der Waals surface area contributed by atoms with E-state index in [1.165, 1.54) is 19.3 Å². The summed E-state index contributed by atoms with van der Waals surface area (Å²) in [5, 5.41) is 0. The molecule has 0 unspecified atom stereocenters. The van der Waals surface area contributed by atoms with Gasteiger partial charge < -0.3 is 15.5 Å². The fourth-order valence-electron chi connectivity index (χ4n) is 2.22. The molecule has 0 spiro atoms. The molecular formula is C13H25N3O. The highest BCUT2D eigenvalue weighted by molar-refractivity contribution is 5.71. The molecule has 1 saturated heterocycles. The molecule has 2 amide bonds. The second-order valence-electron chi connectivity index (χ2n) is 4.66.